The van der Waals surface area contributed by atoms with E-state index in [4.69, 9.17) is 4.74 Å². The van der Waals surface area contributed by atoms with E-state index >= 15 is 0 Å². The lowest BCUT2D eigenvalue weighted by Crippen LogP contribution is -2.74. The predicted octanol–water partition coefficient (Wildman–Crippen LogP) is 8.26. The first-order chi connectivity index (χ1) is 22.8. The molecular formula is C43H50BOP. The first-order valence-corrected chi connectivity index (χ1v) is 19.3. The van der Waals surface area contributed by atoms with Gasteiger partial charge in [0.1, 0.15) is 11.9 Å². The maximum atomic E-state index is 5.35. The Bertz CT molecular complexity index is 1380. The summed E-state index contributed by atoms with van der Waals surface area (Å²) in [6.07, 6.45) is 13.6. The number of methoxy groups -OCH3 is 1. The van der Waals surface area contributed by atoms with Crippen LogP contribution in [0.3, 0.4) is 0 Å². The molecule has 0 amide bonds. The minimum absolute atomic E-state index is 0.404. The molecule has 0 aromatic heterocycles. The van der Waals surface area contributed by atoms with E-state index in [-0.39, 0.29) is 0 Å². The van der Waals surface area contributed by atoms with E-state index in [1.807, 2.05) is 0 Å². The van der Waals surface area contributed by atoms with Gasteiger partial charge in [-0.25, -0.2) is 0 Å². The fourth-order valence-electron chi connectivity index (χ4n) is 8.54. The molecule has 5 aromatic carbocycles. The van der Waals surface area contributed by atoms with Gasteiger partial charge in [-0.15, -0.1) is 0 Å². The maximum Gasteiger partial charge on any atom is 0.119 e. The van der Waals surface area contributed by atoms with Gasteiger partial charge in [-0.2, -0.15) is 21.9 Å². The molecule has 0 saturated heterocycles. The SMILES string of the molecule is COc1ccc([PH+](C2CCCCC2)C2CCCCC2)cc1.c1ccc([B-](c2ccccc2)(c2ccccc2)c2ccccc2)cc1. The van der Waals surface area contributed by atoms with Crippen LogP contribution in [0.5, 0.6) is 5.75 Å². The highest BCUT2D eigenvalue weighted by molar-refractivity contribution is 7.67. The van der Waals surface area contributed by atoms with Crippen LogP contribution in [0.4, 0.5) is 0 Å². The molecule has 0 spiro atoms. The van der Waals surface area contributed by atoms with Crippen molar-refractivity contribution >= 4 is 41.2 Å². The molecule has 0 atom stereocenters. The van der Waals surface area contributed by atoms with E-state index in [0.29, 0.717) is 0 Å². The van der Waals surface area contributed by atoms with Crippen LogP contribution < -0.4 is 31.9 Å². The van der Waals surface area contributed by atoms with Gasteiger partial charge in [0, 0.05) is 7.92 Å². The highest BCUT2D eigenvalue weighted by Gasteiger charge is 2.39. The molecule has 1 nitrogen and oxygen atoms in total. The van der Waals surface area contributed by atoms with Crippen molar-refractivity contribution in [3.8, 4) is 5.75 Å². The lowest BCUT2D eigenvalue weighted by molar-refractivity contribution is 0.415. The summed E-state index contributed by atoms with van der Waals surface area (Å²) in [5, 5.41) is 1.68. The first kappa shape index (κ1) is 32.3. The quantitative estimate of drug-likeness (QED) is 0.125. The van der Waals surface area contributed by atoms with E-state index in [1.165, 1.54) is 86.1 Å². The molecule has 2 aliphatic rings. The zero-order valence-corrected chi connectivity index (χ0v) is 28.6. The van der Waals surface area contributed by atoms with E-state index in [1.54, 1.807) is 12.4 Å². The molecule has 0 bridgehead atoms. The predicted molar refractivity (Wildman–Crippen MR) is 205 cm³/mol. The topological polar surface area (TPSA) is 9.23 Å². The summed E-state index contributed by atoms with van der Waals surface area (Å²) in [5.74, 6) is 1.01. The molecule has 7 rings (SSSR count). The highest BCUT2D eigenvalue weighted by Crippen LogP contribution is 2.54. The van der Waals surface area contributed by atoms with Crippen molar-refractivity contribution in [1.29, 1.82) is 0 Å². The standard InChI is InChI=1S/C24H20B.C19H29OP/c1-5-13-21(14-6-1)25(22-15-7-2-8-16-22,23-17-9-3-10-18-23)24-19-11-4-12-20-24;1-20-16-12-14-19(15-13-16)21(17-8-4-2-5-9-17)18-10-6-3-7-11-18/h1-20H;12-15,17-18H,2-11H2,1H3/q-1;/p+1. The van der Waals surface area contributed by atoms with E-state index in [9.17, 15) is 0 Å². The zero-order valence-electron chi connectivity index (χ0n) is 27.6. The van der Waals surface area contributed by atoms with E-state index in [2.05, 4.69) is 146 Å². The molecule has 236 valence electrons. The molecule has 0 unspecified atom stereocenters. The van der Waals surface area contributed by atoms with Crippen LogP contribution >= 0.6 is 7.92 Å². The summed E-state index contributed by atoms with van der Waals surface area (Å²) in [7, 11) is 1.36. The number of rotatable bonds is 8. The second-order valence-electron chi connectivity index (χ2n) is 13.4. The average molecular weight is 625 g/mol. The van der Waals surface area contributed by atoms with Crippen molar-refractivity contribution in [1.82, 2.24) is 0 Å². The average Bonchev–Trinajstić information content (AvgIpc) is 3.15. The van der Waals surface area contributed by atoms with Gasteiger partial charge in [-0.3, -0.25) is 0 Å². The van der Waals surface area contributed by atoms with Crippen molar-refractivity contribution in [3.63, 3.8) is 0 Å². The Hall–Kier alpha value is -3.61. The third-order valence-corrected chi connectivity index (χ3v) is 14.6. The monoisotopic (exact) mass is 624 g/mol. The van der Waals surface area contributed by atoms with Gasteiger partial charge in [0.25, 0.3) is 0 Å². The molecule has 0 heterocycles. The maximum absolute atomic E-state index is 5.35. The van der Waals surface area contributed by atoms with E-state index in [0.717, 1.165) is 17.1 Å². The summed E-state index contributed by atoms with van der Waals surface area (Å²) in [4.78, 5) is 0. The molecule has 0 N–H and O–H groups in total. The second-order valence-corrected chi connectivity index (χ2v) is 16.5. The number of hydrogen-bond acceptors (Lipinski definition) is 1. The fraction of sp³-hybridized carbons (Fsp3) is 0.302. The minimum Gasteiger partial charge on any atom is -0.497 e. The van der Waals surface area contributed by atoms with Gasteiger partial charge in [0.2, 0.25) is 0 Å². The van der Waals surface area contributed by atoms with Crippen molar-refractivity contribution in [2.75, 3.05) is 7.11 Å². The van der Waals surface area contributed by atoms with Gasteiger partial charge in [-0.05, 0) is 75.6 Å². The van der Waals surface area contributed by atoms with E-state index < -0.39 is 14.1 Å². The summed E-state index contributed by atoms with van der Waals surface area (Å²) in [5.41, 5.74) is 7.41. The van der Waals surface area contributed by atoms with Crippen LogP contribution in [-0.4, -0.2) is 24.6 Å². The Morgan fingerprint density at radius 3 is 1.07 bits per heavy atom. The van der Waals surface area contributed by atoms with Gasteiger partial charge < -0.3 is 4.74 Å². The normalized spacial score (nSPS) is 16.0. The van der Waals surface area contributed by atoms with Crippen molar-refractivity contribution in [2.45, 2.75) is 75.5 Å². The molecule has 2 saturated carbocycles. The van der Waals surface area contributed by atoms with Crippen LogP contribution in [0.25, 0.3) is 0 Å². The summed E-state index contributed by atoms with van der Waals surface area (Å²) in [6, 6.07) is 52.7. The van der Waals surface area contributed by atoms with Crippen LogP contribution in [0, 0.1) is 0 Å². The lowest BCUT2D eigenvalue weighted by Gasteiger charge is -2.44. The fourth-order valence-corrected chi connectivity index (χ4v) is 12.8. The summed E-state index contributed by atoms with van der Waals surface area (Å²) >= 11 is 0. The molecule has 5 aromatic rings. The molecule has 46 heavy (non-hydrogen) atoms. The van der Waals surface area contributed by atoms with Crippen LogP contribution in [0.1, 0.15) is 64.2 Å². The minimum atomic E-state index is -1.22. The van der Waals surface area contributed by atoms with Gasteiger partial charge in [0.05, 0.1) is 23.7 Å². The Morgan fingerprint density at radius 1 is 0.435 bits per heavy atom. The Balaban J connectivity index is 0.000000164. The van der Waals surface area contributed by atoms with Gasteiger partial charge in [0.15, 0.2) is 0 Å². The summed E-state index contributed by atoms with van der Waals surface area (Å²) < 4.78 is 5.35. The molecule has 3 heteroatoms. The van der Waals surface area contributed by atoms with Crippen molar-refractivity contribution in [3.05, 3.63) is 146 Å². The third kappa shape index (κ3) is 7.34. The van der Waals surface area contributed by atoms with Gasteiger partial charge in [-0.1, -0.05) is 134 Å². The highest BCUT2D eigenvalue weighted by atomic mass is 31.1. The summed E-state index contributed by atoms with van der Waals surface area (Å²) in [6.45, 7) is 0. The Labute approximate surface area is 279 Å². The Morgan fingerprint density at radius 2 is 0.761 bits per heavy atom. The van der Waals surface area contributed by atoms with Crippen LogP contribution in [0.2, 0.25) is 0 Å². The smallest absolute Gasteiger partial charge is 0.119 e. The molecule has 2 aliphatic carbocycles. The van der Waals surface area contributed by atoms with Crippen molar-refractivity contribution in [2.24, 2.45) is 0 Å². The molecule has 0 aliphatic heterocycles. The first-order valence-electron chi connectivity index (χ1n) is 17.7. The lowest BCUT2D eigenvalue weighted by atomic mass is 9.13. The zero-order chi connectivity index (χ0) is 31.4. The molecular weight excluding hydrogens is 574 g/mol. The number of hydrogen-bond donors (Lipinski definition) is 0. The number of benzene rings is 5. The van der Waals surface area contributed by atoms with Gasteiger partial charge >= 0.3 is 0 Å². The third-order valence-electron chi connectivity index (χ3n) is 10.7. The second kappa shape index (κ2) is 16.3. The largest absolute Gasteiger partial charge is 0.497 e. The Kier molecular flexibility index (Phi) is 11.5. The van der Waals surface area contributed by atoms with Crippen LogP contribution in [-0.2, 0) is 0 Å². The van der Waals surface area contributed by atoms with Crippen molar-refractivity contribution < 1.29 is 4.74 Å². The number of ether oxygens (including phenoxy) is 1. The van der Waals surface area contributed by atoms with Crippen LogP contribution in [0.15, 0.2) is 146 Å². The molecule has 0 radical (unpaired) electrons. The molecule has 2 fully saturated rings.